The molecule has 0 bridgehead atoms. The molecule has 0 atom stereocenters. The molecule has 1 saturated heterocycles. The molecule has 1 aromatic carbocycles. The molecule has 1 aromatic rings. The van der Waals surface area contributed by atoms with Crippen LogP contribution in [0.25, 0.3) is 0 Å². The maximum absolute atomic E-state index is 5.89. The predicted molar refractivity (Wildman–Crippen MR) is 121 cm³/mol. The van der Waals surface area contributed by atoms with Gasteiger partial charge >= 0.3 is 0 Å². The zero-order valence-corrected chi connectivity index (χ0v) is 18.8. The van der Waals surface area contributed by atoms with Crippen LogP contribution in [0.1, 0.15) is 44.2 Å². The second-order valence-electron chi connectivity index (χ2n) is 7.74. The fourth-order valence-electron chi connectivity index (χ4n) is 3.65. The number of hydrogen-bond donors (Lipinski definition) is 2. The zero-order chi connectivity index (χ0) is 20.9. The van der Waals surface area contributed by atoms with Crippen LogP contribution in [0.4, 0.5) is 0 Å². The van der Waals surface area contributed by atoms with Crippen molar-refractivity contribution in [2.45, 2.75) is 46.6 Å². The molecule has 1 aliphatic heterocycles. The van der Waals surface area contributed by atoms with E-state index in [1.807, 2.05) is 0 Å². The molecule has 0 aliphatic carbocycles. The largest absolute Gasteiger partial charge is 0.491 e. The van der Waals surface area contributed by atoms with Crippen molar-refractivity contribution in [1.82, 2.24) is 15.5 Å². The number of nitrogens with one attached hydrogen (secondary N) is 2. The van der Waals surface area contributed by atoms with Gasteiger partial charge in [-0.15, -0.1) is 0 Å². The van der Waals surface area contributed by atoms with Gasteiger partial charge in [0, 0.05) is 25.8 Å². The lowest BCUT2D eigenvalue weighted by Gasteiger charge is -2.31. The molecule has 0 spiro atoms. The minimum absolute atomic E-state index is 0.547. The minimum atomic E-state index is 0.547. The van der Waals surface area contributed by atoms with Crippen molar-refractivity contribution in [2.75, 3.05) is 53.0 Å². The van der Waals surface area contributed by atoms with Crippen LogP contribution in [-0.4, -0.2) is 63.9 Å². The summed E-state index contributed by atoms with van der Waals surface area (Å²) in [4.78, 5) is 7.33. The number of guanidine groups is 1. The number of ether oxygens (including phenoxy) is 2. The van der Waals surface area contributed by atoms with Gasteiger partial charge in [-0.1, -0.05) is 19.1 Å². The van der Waals surface area contributed by atoms with Crippen LogP contribution in [0.15, 0.2) is 23.2 Å². The highest BCUT2D eigenvalue weighted by Gasteiger charge is 2.17. The van der Waals surface area contributed by atoms with Crippen molar-refractivity contribution < 1.29 is 9.47 Å². The van der Waals surface area contributed by atoms with Crippen molar-refractivity contribution in [3.63, 3.8) is 0 Å². The number of likely N-dealkylation sites (tertiary alicyclic amines) is 1. The molecule has 0 aromatic heterocycles. The molecule has 1 heterocycles. The average Bonchev–Trinajstić information content (AvgIpc) is 2.73. The Morgan fingerprint density at radius 2 is 1.97 bits per heavy atom. The summed E-state index contributed by atoms with van der Waals surface area (Å²) in [6, 6.07) is 6.28. The molecule has 0 unspecified atom stereocenters. The van der Waals surface area contributed by atoms with Crippen molar-refractivity contribution in [3.8, 4) is 5.75 Å². The molecule has 2 N–H and O–H groups in total. The van der Waals surface area contributed by atoms with Crippen molar-refractivity contribution in [3.05, 3.63) is 29.3 Å². The van der Waals surface area contributed by atoms with Gasteiger partial charge in [0.15, 0.2) is 5.96 Å². The van der Waals surface area contributed by atoms with Gasteiger partial charge < -0.3 is 25.0 Å². The number of benzene rings is 1. The standard InChI is InChI=1S/C23H40N4O2/c1-5-24-23(25-12-9-20-10-13-27(6-2)14-11-20)26-18-21-8-7-19(3)17-22(21)29-16-15-28-4/h7-8,17,20H,5-6,9-16,18H2,1-4H3,(H2,24,25,26). The van der Waals surface area contributed by atoms with Gasteiger partial charge in [0.2, 0.25) is 0 Å². The van der Waals surface area contributed by atoms with E-state index in [9.17, 15) is 0 Å². The highest BCUT2D eigenvalue weighted by atomic mass is 16.5. The van der Waals surface area contributed by atoms with Gasteiger partial charge in [-0.3, -0.25) is 0 Å². The minimum Gasteiger partial charge on any atom is -0.491 e. The van der Waals surface area contributed by atoms with Gasteiger partial charge in [0.05, 0.1) is 13.2 Å². The Labute approximate surface area is 177 Å². The third-order valence-corrected chi connectivity index (χ3v) is 5.52. The first-order chi connectivity index (χ1) is 14.2. The lowest BCUT2D eigenvalue weighted by Crippen LogP contribution is -2.39. The molecule has 0 saturated carbocycles. The number of nitrogens with zero attached hydrogens (tertiary/aromatic N) is 2. The van der Waals surface area contributed by atoms with E-state index in [0.29, 0.717) is 19.8 Å². The Bertz CT molecular complexity index is 613. The highest BCUT2D eigenvalue weighted by molar-refractivity contribution is 5.79. The summed E-state index contributed by atoms with van der Waals surface area (Å²) in [7, 11) is 1.69. The molecular formula is C23H40N4O2. The number of piperidine rings is 1. The normalized spacial score (nSPS) is 16.1. The van der Waals surface area contributed by atoms with Crippen LogP contribution in [0, 0.1) is 12.8 Å². The summed E-state index contributed by atoms with van der Waals surface area (Å²) in [5, 5.41) is 6.87. The lowest BCUT2D eigenvalue weighted by atomic mass is 9.93. The summed E-state index contributed by atoms with van der Waals surface area (Å²) >= 11 is 0. The molecule has 1 aliphatic rings. The number of aliphatic imine (C=N–C) groups is 1. The topological polar surface area (TPSA) is 58.1 Å². The summed E-state index contributed by atoms with van der Waals surface area (Å²) < 4.78 is 11.0. The predicted octanol–water partition coefficient (Wildman–Crippen LogP) is 3.20. The van der Waals surface area contributed by atoms with Gasteiger partial charge in [-0.25, -0.2) is 4.99 Å². The van der Waals surface area contributed by atoms with Crippen LogP contribution >= 0.6 is 0 Å². The van der Waals surface area contributed by atoms with Crippen LogP contribution in [0.5, 0.6) is 5.75 Å². The number of rotatable bonds is 11. The Morgan fingerprint density at radius 1 is 1.17 bits per heavy atom. The Hall–Kier alpha value is -1.79. The molecule has 29 heavy (non-hydrogen) atoms. The molecular weight excluding hydrogens is 364 g/mol. The van der Waals surface area contributed by atoms with Crippen molar-refractivity contribution in [2.24, 2.45) is 10.9 Å². The molecule has 1 fully saturated rings. The molecule has 6 heteroatoms. The fraction of sp³-hybridized carbons (Fsp3) is 0.696. The molecule has 6 nitrogen and oxygen atoms in total. The summed E-state index contributed by atoms with van der Waals surface area (Å²) in [5.74, 6) is 2.59. The van der Waals surface area contributed by atoms with Crippen LogP contribution in [0.2, 0.25) is 0 Å². The Morgan fingerprint density at radius 3 is 2.66 bits per heavy atom. The van der Waals surface area contributed by atoms with Gasteiger partial charge in [0.25, 0.3) is 0 Å². The molecule has 0 radical (unpaired) electrons. The smallest absolute Gasteiger partial charge is 0.191 e. The van der Waals surface area contributed by atoms with Crippen molar-refractivity contribution >= 4 is 5.96 Å². The van der Waals surface area contributed by atoms with E-state index in [4.69, 9.17) is 14.5 Å². The summed E-state index contributed by atoms with van der Waals surface area (Å²) in [6.07, 6.45) is 3.83. The van der Waals surface area contributed by atoms with E-state index in [-0.39, 0.29) is 0 Å². The first-order valence-corrected chi connectivity index (χ1v) is 11.1. The monoisotopic (exact) mass is 404 g/mol. The van der Waals surface area contributed by atoms with Crippen molar-refractivity contribution in [1.29, 1.82) is 0 Å². The number of aryl methyl sites for hydroxylation is 1. The quantitative estimate of drug-likeness (QED) is 0.337. The van der Waals surface area contributed by atoms with E-state index < -0.39 is 0 Å². The Kier molecular flexibility index (Phi) is 10.9. The Balaban J connectivity index is 1.86. The van der Waals surface area contributed by atoms with Gasteiger partial charge in [0.1, 0.15) is 12.4 Å². The first-order valence-electron chi connectivity index (χ1n) is 11.1. The highest BCUT2D eigenvalue weighted by Crippen LogP contribution is 2.22. The second kappa shape index (κ2) is 13.4. The van der Waals surface area contributed by atoms with E-state index in [2.05, 4.69) is 54.5 Å². The first kappa shape index (κ1) is 23.5. The number of hydrogen-bond acceptors (Lipinski definition) is 4. The third-order valence-electron chi connectivity index (χ3n) is 5.52. The number of methoxy groups -OCH3 is 1. The zero-order valence-electron chi connectivity index (χ0n) is 18.8. The van der Waals surface area contributed by atoms with Crippen LogP contribution in [0.3, 0.4) is 0 Å². The lowest BCUT2D eigenvalue weighted by molar-refractivity contribution is 0.145. The average molecular weight is 405 g/mol. The van der Waals surface area contributed by atoms with E-state index >= 15 is 0 Å². The van der Waals surface area contributed by atoms with Crippen LogP contribution in [-0.2, 0) is 11.3 Å². The summed E-state index contributed by atoms with van der Waals surface area (Å²) in [6.45, 7) is 13.6. The third kappa shape index (κ3) is 8.62. The fourth-order valence-corrected chi connectivity index (χ4v) is 3.65. The SMILES string of the molecule is CCNC(=NCc1ccc(C)cc1OCCOC)NCCC1CCN(CC)CC1. The molecule has 2 rings (SSSR count). The second-order valence-corrected chi connectivity index (χ2v) is 7.74. The molecule has 0 amide bonds. The van der Waals surface area contributed by atoms with E-state index in [0.717, 1.165) is 36.3 Å². The van der Waals surface area contributed by atoms with E-state index in [1.54, 1.807) is 7.11 Å². The van der Waals surface area contributed by atoms with Gasteiger partial charge in [-0.2, -0.15) is 0 Å². The van der Waals surface area contributed by atoms with Gasteiger partial charge in [-0.05, 0) is 70.3 Å². The maximum atomic E-state index is 5.89. The summed E-state index contributed by atoms with van der Waals surface area (Å²) in [5.41, 5.74) is 2.28. The van der Waals surface area contributed by atoms with E-state index in [1.165, 1.54) is 44.5 Å². The molecule has 164 valence electrons. The maximum Gasteiger partial charge on any atom is 0.191 e. The van der Waals surface area contributed by atoms with Crippen LogP contribution < -0.4 is 15.4 Å².